The molecule has 0 amide bonds. The summed E-state index contributed by atoms with van der Waals surface area (Å²) in [6, 6.07) is 0. The van der Waals surface area contributed by atoms with Gasteiger partial charge in [0.2, 0.25) is 16.6 Å². The average molecular weight is 188 g/mol. The standard InChI is InChI=1S/C3H5FO4S2/c4-3-1-2-10(6,7)8-9(3)5/h3H,1-2H2. The van der Waals surface area contributed by atoms with Crippen LogP contribution < -0.4 is 0 Å². The van der Waals surface area contributed by atoms with Crippen molar-refractivity contribution in [3.8, 4) is 0 Å². The minimum Gasteiger partial charge on any atom is -0.230 e. The first kappa shape index (κ1) is 8.09. The molecule has 10 heavy (non-hydrogen) atoms. The van der Waals surface area contributed by atoms with Crippen molar-refractivity contribution < 1.29 is 20.6 Å². The summed E-state index contributed by atoms with van der Waals surface area (Å²) < 4.78 is 47.3. The van der Waals surface area contributed by atoms with Crippen molar-refractivity contribution >= 4 is 21.2 Å². The Kier molecular flexibility index (Phi) is 2.07. The van der Waals surface area contributed by atoms with Crippen LogP contribution in [0, 0.1) is 0 Å². The fraction of sp³-hybridized carbons (Fsp3) is 1.00. The highest BCUT2D eigenvalue weighted by Gasteiger charge is 2.31. The molecule has 1 aliphatic heterocycles. The van der Waals surface area contributed by atoms with Gasteiger partial charge in [-0.25, -0.2) is 8.60 Å². The van der Waals surface area contributed by atoms with Crippen LogP contribution in [0.5, 0.6) is 0 Å². The largest absolute Gasteiger partial charge is 0.280 e. The van der Waals surface area contributed by atoms with Gasteiger partial charge in [0, 0.05) is 6.42 Å². The molecule has 0 bridgehead atoms. The molecule has 0 aliphatic carbocycles. The van der Waals surface area contributed by atoms with Crippen molar-refractivity contribution in [2.45, 2.75) is 11.9 Å². The number of hydrogen-bond acceptors (Lipinski definition) is 4. The molecule has 0 saturated carbocycles. The first-order chi connectivity index (χ1) is 4.51. The van der Waals surface area contributed by atoms with E-state index < -0.39 is 26.7 Å². The molecule has 1 fully saturated rings. The summed E-state index contributed by atoms with van der Waals surface area (Å²) in [7, 11) is -3.71. The van der Waals surface area contributed by atoms with Gasteiger partial charge in [-0.3, -0.25) is 0 Å². The topological polar surface area (TPSA) is 60.4 Å². The second kappa shape index (κ2) is 2.55. The molecule has 7 heteroatoms. The lowest BCUT2D eigenvalue weighted by molar-refractivity contribution is 0.380. The van der Waals surface area contributed by atoms with Crippen LogP contribution in [0.2, 0.25) is 0 Å². The van der Waals surface area contributed by atoms with E-state index >= 15 is 0 Å². The average Bonchev–Trinajstić information content (AvgIpc) is 1.79. The zero-order valence-corrected chi connectivity index (χ0v) is 6.45. The highest BCUT2D eigenvalue weighted by Crippen LogP contribution is 2.16. The predicted molar refractivity (Wildman–Crippen MR) is 32.5 cm³/mol. The maximum absolute atomic E-state index is 12.2. The molecule has 0 N–H and O–H groups in total. The molecular weight excluding hydrogens is 183 g/mol. The van der Waals surface area contributed by atoms with E-state index in [4.69, 9.17) is 0 Å². The van der Waals surface area contributed by atoms with Gasteiger partial charge in [0.15, 0.2) is 0 Å². The Labute approximate surface area is 60.2 Å². The van der Waals surface area contributed by atoms with Gasteiger partial charge >= 0.3 is 0 Å². The third-order valence-electron chi connectivity index (χ3n) is 0.974. The monoisotopic (exact) mass is 188 g/mol. The van der Waals surface area contributed by atoms with E-state index in [1.807, 2.05) is 0 Å². The summed E-state index contributed by atoms with van der Waals surface area (Å²) in [4.78, 5) is 0. The highest BCUT2D eigenvalue weighted by molar-refractivity contribution is 7.97. The number of alkyl halides is 1. The van der Waals surface area contributed by atoms with E-state index in [2.05, 4.69) is 3.63 Å². The van der Waals surface area contributed by atoms with Crippen molar-refractivity contribution in [1.29, 1.82) is 0 Å². The molecule has 0 spiro atoms. The fourth-order valence-electron chi connectivity index (χ4n) is 0.512. The third kappa shape index (κ3) is 1.74. The van der Waals surface area contributed by atoms with Crippen molar-refractivity contribution in [3.63, 3.8) is 0 Å². The molecular formula is C3H5FO4S2. The van der Waals surface area contributed by atoms with Crippen LogP contribution in [0.4, 0.5) is 4.39 Å². The summed E-state index contributed by atoms with van der Waals surface area (Å²) in [5.74, 6) is -0.389. The van der Waals surface area contributed by atoms with Crippen molar-refractivity contribution in [2.24, 2.45) is 0 Å². The van der Waals surface area contributed by atoms with Crippen LogP contribution in [0.25, 0.3) is 0 Å². The lowest BCUT2D eigenvalue weighted by atomic mass is 10.5. The van der Waals surface area contributed by atoms with Gasteiger partial charge in [-0.2, -0.15) is 12.0 Å². The number of hydrogen-bond donors (Lipinski definition) is 0. The molecule has 1 heterocycles. The molecule has 0 radical (unpaired) electrons. The molecule has 1 saturated heterocycles. The Balaban J connectivity index is 2.76. The Bertz CT molecular complexity index is 245. The zero-order chi connectivity index (χ0) is 7.78. The van der Waals surface area contributed by atoms with Crippen molar-refractivity contribution in [2.75, 3.05) is 5.75 Å². The minimum atomic E-state index is -3.71. The van der Waals surface area contributed by atoms with Gasteiger partial charge in [-0.1, -0.05) is 0 Å². The molecule has 1 rings (SSSR count). The van der Waals surface area contributed by atoms with E-state index in [1.165, 1.54) is 0 Å². The van der Waals surface area contributed by atoms with Crippen molar-refractivity contribution in [3.05, 3.63) is 0 Å². The van der Waals surface area contributed by atoms with Gasteiger partial charge in [0.25, 0.3) is 10.1 Å². The lowest BCUT2D eigenvalue weighted by Crippen LogP contribution is -2.27. The summed E-state index contributed by atoms with van der Waals surface area (Å²) in [5, 5.41) is 0. The molecule has 60 valence electrons. The normalized spacial score (nSPS) is 39.3. The van der Waals surface area contributed by atoms with E-state index in [-0.39, 0.29) is 12.2 Å². The second-order valence-corrected chi connectivity index (χ2v) is 4.89. The Hall–Kier alpha value is -0.0100. The molecule has 0 aromatic carbocycles. The molecule has 4 nitrogen and oxygen atoms in total. The van der Waals surface area contributed by atoms with Crippen LogP contribution in [0.3, 0.4) is 0 Å². The van der Waals surface area contributed by atoms with E-state index in [9.17, 15) is 17.0 Å². The summed E-state index contributed by atoms with van der Waals surface area (Å²) in [6.45, 7) is 0. The lowest BCUT2D eigenvalue weighted by Gasteiger charge is -2.12. The van der Waals surface area contributed by atoms with Crippen LogP contribution in [-0.2, 0) is 24.8 Å². The molecule has 0 aromatic rings. The summed E-state index contributed by atoms with van der Waals surface area (Å²) >= 11 is -2.31. The van der Waals surface area contributed by atoms with Crippen LogP contribution in [-0.4, -0.2) is 23.9 Å². The van der Waals surface area contributed by atoms with Crippen LogP contribution >= 0.6 is 0 Å². The van der Waals surface area contributed by atoms with E-state index in [1.54, 1.807) is 0 Å². The molecule has 0 aromatic heterocycles. The van der Waals surface area contributed by atoms with E-state index in [0.29, 0.717) is 0 Å². The van der Waals surface area contributed by atoms with Crippen LogP contribution in [0.1, 0.15) is 6.42 Å². The molecule has 2 unspecified atom stereocenters. The molecule has 2 atom stereocenters. The summed E-state index contributed by atoms with van der Waals surface area (Å²) in [5.41, 5.74) is -1.66. The Morgan fingerprint density at radius 2 is 2.20 bits per heavy atom. The van der Waals surface area contributed by atoms with Gasteiger partial charge < -0.3 is 0 Å². The Morgan fingerprint density at radius 3 is 2.60 bits per heavy atom. The van der Waals surface area contributed by atoms with Gasteiger partial charge in [-0.15, -0.1) is 0 Å². The first-order valence-corrected chi connectivity index (χ1v) is 5.20. The highest BCUT2D eigenvalue weighted by atomic mass is 32.3. The first-order valence-electron chi connectivity index (χ1n) is 2.48. The fourth-order valence-corrected chi connectivity index (χ4v) is 2.90. The van der Waals surface area contributed by atoms with E-state index in [0.717, 1.165) is 0 Å². The SMILES string of the molecule is O=S1OS(=O)(=O)CCC1F. The summed E-state index contributed by atoms with van der Waals surface area (Å²) in [6.07, 6.45) is -0.241. The maximum atomic E-state index is 12.2. The number of rotatable bonds is 0. The van der Waals surface area contributed by atoms with Gasteiger partial charge in [-0.05, 0) is 0 Å². The van der Waals surface area contributed by atoms with Crippen LogP contribution in [0.15, 0.2) is 0 Å². The van der Waals surface area contributed by atoms with Gasteiger partial charge in [0.1, 0.15) is 0 Å². The Morgan fingerprint density at radius 1 is 1.60 bits per heavy atom. The predicted octanol–water partition coefficient (Wildman–Crippen LogP) is -0.304. The second-order valence-electron chi connectivity index (χ2n) is 1.79. The third-order valence-corrected chi connectivity index (χ3v) is 3.73. The van der Waals surface area contributed by atoms with Gasteiger partial charge in [0.05, 0.1) is 5.75 Å². The molecule has 1 aliphatic rings. The zero-order valence-electron chi connectivity index (χ0n) is 4.82. The smallest absolute Gasteiger partial charge is 0.230 e. The minimum absolute atomic E-state index is 0.241. The maximum Gasteiger partial charge on any atom is 0.280 e. The number of halogens is 1. The van der Waals surface area contributed by atoms with Crippen molar-refractivity contribution in [1.82, 2.24) is 0 Å². The quantitative estimate of drug-likeness (QED) is 0.523.